The van der Waals surface area contributed by atoms with Crippen LogP contribution in [0.25, 0.3) is 10.9 Å². The van der Waals surface area contributed by atoms with E-state index in [2.05, 4.69) is 20.5 Å². The Bertz CT molecular complexity index is 930. The van der Waals surface area contributed by atoms with Crippen molar-refractivity contribution >= 4 is 16.8 Å². The summed E-state index contributed by atoms with van der Waals surface area (Å²) in [6, 6.07) is 14.1. The van der Waals surface area contributed by atoms with Crippen LogP contribution in [0.1, 0.15) is 16.1 Å². The van der Waals surface area contributed by atoms with Gasteiger partial charge >= 0.3 is 0 Å². The fourth-order valence-corrected chi connectivity index (χ4v) is 3.79. The highest BCUT2D eigenvalue weighted by Gasteiger charge is 2.25. The van der Waals surface area contributed by atoms with Gasteiger partial charge in [0.25, 0.3) is 5.91 Å². The first-order valence-corrected chi connectivity index (χ1v) is 9.74. The standard InChI is InChI=1S/C22H26N4O2/c1-28-15-14-26-17-20(19-7-2-3-8-21(19)26)22(27)25-12-10-24(11-13-25)16-18-6-4-5-9-23-18/h2-9,17H,10-16H2,1H3. The summed E-state index contributed by atoms with van der Waals surface area (Å²) in [6.07, 6.45) is 3.81. The molecule has 1 aliphatic heterocycles. The highest BCUT2D eigenvalue weighted by Crippen LogP contribution is 2.23. The van der Waals surface area contributed by atoms with Gasteiger partial charge in [-0.2, -0.15) is 0 Å². The van der Waals surface area contributed by atoms with Crippen LogP contribution in [0.5, 0.6) is 0 Å². The van der Waals surface area contributed by atoms with Crippen LogP contribution in [-0.2, 0) is 17.8 Å². The van der Waals surface area contributed by atoms with Crippen molar-refractivity contribution in [2.75, 3.05) is 39.9 Å². The number of ether oxygens (including phenoxy) is 1. The predicted molar refractivity (Wildman–Crippen MR) is 109 cm³/mol. The van der Waals surface area contributed by atoms with E-state index in [4.69, 9.17) is 4.74 Å². The molecule has 3 heterocycles. The monoisotopic (exact) mass is 378 g/mol. The number of piperazine rings is 1. The van der Waals surface area contributed by atoms with Crippen LogP contribution in [0.15, 0.2) is 54.9 Å². The zero-order chi connectivity index (χ0) is 19.3. The summed E-state index contributed by atoms with van der Waals surface area (Å²) in [4.78, 5) is 21.9. The van der Waals surface area contributed by atoms with Gasteiger partial charge in [0.05, 0.1) is 17.9 Å². The van der Waals surface area contributed by atoms with Gasteiger partial charge in [0.1, 0.15) is 0 Å². The summed E-state index contributed by atoms with van der Waals surface area (Å²) in [6.45, 7) is 5.40. The topological polar surface area (TPSA) is 50.6 Å². The Morgan fingerprint density at radius 3 is 2.61 bits per heavy atom. The maximum Gasteiger partial charge on any atom is 0.256 e. The molecule has 0 saturated carbocycles. The molecule has 3 aromatic rings. The third-order valence-corrected chi connectivity index (χ3v) is 5.33. The van der Waals surface area contributed by atoms with Gasteiger partial charge < -0.3 is 14.2 Å². The molecule has 1 fully saturated rings. The normalized spacial score (nSPS) is 15.2. The molecule has 1 aliphatic rings. The maximum absolute atomic E-state index is 13.2. The largest absolute Gasteiger partial charge is 0.383 e. The highest BCUT2D eigenvalue weighted by molar-refractivity contribution is 6.07. The van der Waals surface area contributed by atoms with Crippen LogP contribution in [0.2, 0.25) is 0 Å². The fourth-order valence-electron chi connectivity index (χ4n) is 3.79. The molecule has 0 bridgehead atoms. The molecule has 0 spiro atoms. The van der Waals surface area contributed by atoms with Crippen molar-refractivity contribution < 1.29 is 9.53 Å². The van der Waals surface area contributed by atoms with Crippen molar-refractivity contribution in [3.8, 4) is 0 Å². The first kappa shape index (κ1) is 18.7. The predicted octanol–water partition coefficient (Wildman–Crippen LogP) is 2.64. The molecule has 0 aliphatic carbocycles. The molecule has 28 heavy (non-hydrogen) atoms. The highest BCUT2D eigenvalue weighted by atomic mass is 16.5. The van der Waals surface area contributed by atoms with Crippen molar-refractivity contribution in [3.63, 3.8) is 0 Å². The third-order valence-electron chi connectivity index (χ3n) is 5.33. The van der Waals surface area contributed by atoms with Crippen molar-refractivity contribution in [3.05, 3.63) is 66.1 Å². The minimum absolute atomic E-state index is 0.116. The lowest BCUT2D eigenvalue weighted by atomic mass is 10.1. The van der Waals surface area contributed by atoms with E-state index < -0.39 is 0 Å². The Morgan fingerprint density at radius 1 is 1.07 bits per heavy atom. The molecule has 1 amide bonds. The Kier molecular flexibility index (Phi) is 5.69. The second-order valence-corrected chi connectivity index (χ2v) is 7.14. The molecule has 1 saturated heterocycles. The van der Waals surface area contributed by atoms with E-state index in [1.807, 2.05) is 53.7 Å². The summed E-state index contributed by atoms with van der Waals surface area (Å²) in [5.74, 6) is 0.116. The maximum atomic E-state index is 13.2. The Labute approximate surface area is 165 Å². The van der Waals surface area contributed by atoms with Crippen molar-refractivity contribution in [2.45, 2.75) is 13.1 Å². The van der Waals surface area contributed by atoms with Crippen molar-refractivity contribution in [1.29, 1.82) is 0 Å². The second-order valence-electron chi connectivity index (χ2n) is 7.14. The Balaban J connectivity index is 1.45. The number of carbonyl (C=O) groups is 1. The molecule has 6 nitrogen and oxygen atoms in total. The molecule has 6 heteroatoms. The van der Waals surface area contributed by atoms with Crippen LogP contribution >= 0.6 is 0 Å². The number of methoxy groups -OCH3 is 1. The number of nitrogens with zero attached hydrogens (tertiary/aromatic N) is 4. The van der Waals surface area contributed by atoms with Gasteiger partial charge in [-0.15, -0.1) is 0 Å². The van der Waals surface area contributed by atoms with Crippen molar-refractivity contribution in [2.24, 2.45) is 0 Å². The SMILES string of the molecule is COCCn1cc(C(=O)N2CCN(Cc3ccccn3)CC2)c2ccccc21. The number of rotatable bonds is 6. The number of carbonyl (C=O) groups excluding carboxylic acids is 1. The molecular weight excluding hydrogens is 352 g/mol. The number of para-hydroxylation sites is 1. The number of fused-ring (bicyclic) bond motifs is 1. The average molecular weight is 378 g/mol. The van der Waals surface area contributed by atoms with Gasteiger partial charge in [0.15, 0.2) is 0 Å². The molecular formula is C22H26N4O2. The zero-order valence-electron chi connectivity index (χ0n) is 16.3. The van der Waals surface area contributed by atoms with Gasteiger partial charge in [0.2, 0.25) is 0 Å². The van der Waals surface area contributed by atoms with E-state index in [1.165, 1.54) is 0 Å². The first-order chi connectivity index (χ1) is 13.8. The smallest absolute Gasteiger partial charge is 0.256 e. The van der Waals surface area contributed by atoms with Crippen LogP contribution in [0.4, 0.5) is 0 Å². The molecule has 0 N–H and O–H groups in total. The van der Waals surface area contributed by atoms with E-state index in [-0.39, 0.29) is 5.91 Å². The summed E-state index contributed by atoms with van der Waals surface area (Å²) in [7, 11) is 1.70. The molecule has 1 aromatic carbocycles. The van der Waals surface area contributed by atoms with Crippen LogP contribution in [-0.4, -0.2) is 65.2 Å². The van der Waals surface area contributed by atoms with E-state index in [0.29, 0.717) is 6.61 Å². The summed E-state index contributed by atoms with van der Waals surface area (Å²) in [5.41, 5.74) is 2.94. The van der Waals surface area contributed by atoms with E-state index >= 15 is 0 Å². The summed E-state index contributed by atoms with van der Waals surface area (Å²) < 4.78 is 7.33. The van der Waals surface area contributed by atoms with Crippen LogP contribution in [0, 0.1) is 0 Å². The molecule has 0 atom stereocenters. The van der Waals surface area contributed by atoms with Gasteiger partial charge in [-0.05, 0) is 18.2 Å². The summed E-state index contributed by atoms with van der Waals surface area (Å²) in [5, 5.41) is 1.01. The lowest BCUT2D eigenvalue weighted by Gasteiger charge is -2.34. The number of amides is 1. The van der Waals surface area contributed by atoms with Crippen LogP contribution in [0.3, 0.4) is 0 Å². The quantitative estimate of drug-likeness (QED) is 0.662. The van der Waals surface area contributed by atoms with E-state index in [0.717, 1.165) is 61.4 Å². The number of hydrogen-bond acceptors (Lipinski definition) is 4. The Hall–Kier alpha value is -2.70. The summed E-state index contributed by atoms with van der Waals surface area (Å²) >= 11 is 0. The molecule has 4 rings (SSSR count). The minimum atomic E-state index is 0.116. The number of benzene rings is 1. The molecule has 2 aromatic heterocycles. The van der Waals surface area contributed by atoms with E-state index in [9.17, 15) is 4.79 Å². The second kappa shape index (κ2) is 8.54. The zero-order valence-corrected chi connectivity index (χ0v) is 16.3. The number of pyridine rings is 1. The minimum Gasteiger partial charge on any atom is -0.383 e. The number of aromatic nitrogens is 2. The molecule has 0 radical (unpaired) electrons. The van der Waals surface area contributed by atoms with Gasteiger partial charge in [0, 0.05) is 69.7 Å². The lowest BCUT2D eigenvalue weighted by Crippen LogP contribution is -2.48. The van der Waals surface area contributed by atoms with E-state index in [1.54, 1.807) is 7.11 Å². The lowest BCUT2D eigenvalue weighted by molar-refractivity contribution is 0.0628. The first-order valence-electron chi connectivity index (χ1n) is 9.74. The molecule has 0 unspecified atom stereocenters. The Morgan fingerprint density at radius 2 is 1.86 bits per heavy atom. The van der Waals surface area contributed by atoms with Crippen molar-refractivity contribution in [1.82, 2.24) is 19.4 Å². The fraction of sp³-hybridized carbons (Fsp3) is 0.364. The average Bonchev–Trinajstić information content (AvgIpc) is 3.12. The molecule has 146 valence electrons. The van der Waals surface area contributed by atoms with Gasteiger partial charge in [-0.1, -0.05) is 24.3 Å². The van der Waals surface area contributed by atoms with Crippen LogP contribution < -0.4 is 0 Å². The number of hydrogen-bond donors (Lipinski definition) is 0. The van der Waals surface area contributed by atoms with Gasteiger partial charge in [-0.25, -0.2) is 0 Å². The third kappa shape index (κ3) is 3.93. The van der Waals surface area contributed by atoms with Gasteiger partial charge in [-0.3, -0.25) is 14.7 Å².